The Balaban J connectivity index is 2.27. The number of hydrogen-bond donors (Lipinski definition) is 3. The highest BCUT2D eigenvalue weighted by Gasteiger charge is 2.11. The van der Waals surface area contributed by atoms with Gasteiger partial charge in [0.25, 0.3) is 5.56 Å². The van der Waals surface area contributed by atoms with Gasteiger partial charge >= 0.3 is 0 Å². The van der Waals surface area contributed by atoms with Crippen LogP contribution in [0, 0.1) is 5.92 Å². The van der Waals surface area contributed by atoms with Crippen LogP contribution in [0.5, 0.6) is 0 Å². The van der Waals surface area contributed by atoms with Crippen molar-refractivity contribution in [3.05, 3.63) is 16.7 Å². The topological polar surface area (TPSA) is 110 Å². The molecule has 0 aliphatic rings. The van der Waals surface area contributed by atoms with Gasteiger partial charge < -0.3 is 15.4 Å². The lowest BCUT2D eigenvalue weighted by Gasteiger charge is -2.11. The van der Waals surface area contributed by atoms with Crippen molar-refractivity contribution in [3.63, 3.8) is 0 Å². The predicted molar refractivity (Wildman–Crippen MR) is 68.0 cm³/mol. The summed E-state index contributed by atoms with van der Waals surface area (Å²) >= 11 is 0. The zero-order valence-electron chi connectivity index (χ0n) is 10.3. The molecule has 0 unspecified atom stereocenters. The molecule has 0 spiro atoms. The maximum atomic E-state index is 11.6. The van der Waals surface area contributed by atoms with Gasteiger partial charge in [0.1, 0.15) is 0 Å². The van der Waals surface area contributed by atoms with E-state index in [0.717, 1.165) is 12.8 Å². The number of rotatable bonds is 5. The number of nitrogens with two attached hydrogens (primary N) is 1. The molecule has 0 aliphatic heterocycles. The van der Waals surface area contributed by atoms with Crippen molar-refractivity contribution in [3.8, 4) is 0 Å². The second-order valence-corrected chi connectivity index (χ2v) is 4.31. The number of H-pyrrole nitrogens is 1. The molecule has 0 aliphatic carbocycles. The minimum Gasteiger partial charge on any atom is -0.396 e. The van der Waals surface area contributed by atoms with Crippen molar-refractivity contribution >= 4 is 17.1 Å². The van der Waals surface area contributed by atoms with Crippen LogP contribution in [0.3, 0.4) is 0 Å². The fraction of sp³-hybridized carbons (Fsp3) is 0.545. The Hall–Kier alpha value is -1.89. The van der Waals surface area contributed by atoms with Crippen LogP contribution in [0.15, 0.2) is 11.1 Å². The number of nitrogens with zero attached hydrogens (tertiary/aromatic N) is 3. The molecular formula is C11H17N5O2. The van der Waals surface area contributed by atoms with Crippen molar-refractivity contribution in [2.24, 2.45) is 5.92 Å². The van der Waals surface area contributed by atoms with Gasteiger partial charge in [-0.25, -0.2) is 4.98 Å². The molecule has 0 saturated heterocycles. The number of aliphatic hydroxyl groups excluding tert-OH is 1. The molecule has 4 N–H and O–H groups in total. The molecule has 0 fully saturated rings. The van der Waals surface area contributed by atoms with Crippen LogP contribution in [0.1, 0.15) is 19.8 Å². The first-order valence-corrected chi connectivity index (χ1v) is 5.97. The van der Waals surface area contributed by atoms with E-state index >= 15 is 0 Å². The molecule has 2 rings (SSSR count). The molecule has 2 heterocycles. The Morgan fingerprint density at radius 3 is 3.06 bits per heavy atom. The molecule has 98 valence electrons. The monoisotopic (exact) mass is 251 g/mol. The molecule has 0 saturated carbocycles. The van der Waals surface area contributed by atoms with E-state index in [1.807, 2.05) is 6.92 Å². The number of aromatic amines is 1. The molecular weight excluding hydrogens is 234 g/mol. The van der Waals surface area contributed by atoms with Crippen LogP contribution in [0.25, 0.3) is 11.2 Å². The number of fused-ring (bicyclic) bond motifs is 1. The number of aromatic nitrogens is 4. The third-order valence-corrected chi connectivity index (χ3v) is 3.11. The van der Waals surface area contributed by atoms with E-state index in [1.165, 1.54) is 0 Å². The van der Waals surface area contributed by atoms with Gasteiger partial charge in [-0.3, -0.25) is 9.78 Å². The van der Waals surface area contributed by atoms with Crippen LogP contribution < -0.4 is 11.3 Å². The Kier molecular flexibility index (Phi) is 3.61. The first-order chi connectivity index (χ1) is 8.65. The van der Waals surface area contributed by atoms with Gasteiger partial charge in [0, 0.05) is 13.2 Å². The standard InChI is InChI=1S/C11H17N5O2/c1-2-7(5-17)3-4-16-6-13-8-9(16)14-11(12)15-10(8)18/h6-7,17H,2-5H2,1H3,(H3,12,14,15,18)/t7-/m0/s1. The summed E-state index contributed by atoms with van der Waals surface area (Å²) in [5.41, 5.74) is 5.97. The van der Waals surface area contributed by atoms with Crippen LogP contribution >= 0.6 is 0 Å². The Bertz CT molecular complexity index is 585. The van der Waals surface area contributed by atoms with Crippen molar-refractivity contribution in [2.45, 2.75) is 26.3 Å². The van der Waals surface area contributed by atoms with Gasteiger partial charge in [-0.05, 0) is 12.3 Å². The van der Waals surface area contributed by atoms with E-state index in [2.05, 4.69) is 15.0 Å². The molecule has 2 aromatic heterocycles. The van der Waals surface area contributed by atoms with E-state index in [4.69, 9.17) is 10.8 Å². The van der Waals surface area contributed by atoms with E-state index in [0.29, 0.717) is 17.7 Å². The minimum atomic E-state index is -0.328. The highest BCUT2D eigenvalue weighted by Crippen LogP contribution is 2.12. The molecule has 0 aromatic carbocycles. The van der Waals surface area contributed by atoms with E-state index in [1.54, 1.807) is 10.9 Å². The van der Waals surface area contributed by atoms with E-state index < -0.39 is 0 Å². The highest BCUT2D eigenvalue weighted by molar-refractivity contribution is 5.70. The van der Waals surface area contributed by atoms with E-state index in [-0.39, 0.29) is 24.0 Å². The van der Waals surface area contributed by atoms with Crippen molar-refractivity contribution in [1.29, 1.82) is 0 Å². The Morgan fingerprint density at radius 1 is 1.61 bits per heavy atom. The lowest BCUT2D eigenvalue weighted by molar-refractivity contribution is 0.210. The number of hydrogen-bond acceptors (Lipinski definition) is 5. The molecule has 7 heteroatoms. The van der Waals surface area contributed by atoms with Gasteiger partial charge in [0.2, 0.25) is 5.95 Å². The third kappa shape index (κ3) is 2.35. The second kappa shape index (κ2) is 5.18. The summed E-state index contributed by atoms with van der Waals surface area (Å²) in [5, 5.41) is 9.14. The SMILES string of the molecule is CC[C@H](CO)CCn1cnc2c(=O)[nH]c(N)nc21. The van der Waals surface area contributed by atoms with Crippen molar-refractivity contribution in [2.75, 3.05) is 12.3 Å². The average molecular weight is 251 g/mol. The molecule has 18 heavy (non-hydrogen) atoms. The number of nitrogen functional groups attached to an aromatic ring is 1. The quantitative estimate of drug-likeness (QED) is 0.698. The number of anilines is 1. The summed E-state index contributed by atoms with van der Waals surface area (Å²) < 4.78 is 1.79. The zero-order chi connectivity index (χ0) is 13.1. The summed E-state index contributed by atoms with van der Waals surface area (Å²) in [6.45, 7) is 2.86. The lowest BCUT2D eigenvalue weighted by Crippen LogP contribution is -2.13. The van der Waals surface area contributed by atoms with Crippen molar-refractivity contribution in [1.82, 2.24) is 19.5 Å². The predicted octanol–water partition coefficient (Wildman–Crippen LogP) is 0.110. The van der Waals surface area contributed by atoms with Crippen LogP contribution in [0.2, 0.25) is 0 Å². The first-order valence-electron chi connectivity index (χ1n) is 5.97. The Labute approximate surface area is 104 Å². The zero-order valence-corrected chi connectivity index (χ0v) is 10.3. The molecule has 1 atom stereocenters. The summed E-state index contributed by atoms with van der Waals surface area (Å²) in [6.07, 6.45) is 3.31. The molecule has 0 amide bonds. The summed E-state index contributed by atoms with van der Waals surface area (Å²) in [4.78, 5) is 22.1. The van der Waals surface area contributed by atoms with Crippen molar-refractivity contribution < 1.29 is 5.11 Å². The third-order valence-electron chi connectivity index (χ3n) is 3.11. The minimum absolute atomic E-state index is 0.0865. The van der Waals surface area contributed by atoms with Gasteiger partial charge in [0.15, 0.2) is 11.2 Å². The summed E-state index contributed by atoms with van der Waals surface area (Å²) in [5.74, 6) is 0.338. The lowest BCUT2D eigenvalue weighted by atomic mass is 10.0. The summed E-state index contributed by atoms with van der Waals surface area (Å²) in [7, 11) is 0. The van der Waals surface area contributed by atoms with Crippen LogP contribution in [-0.4, -0.2) is 31.2 Å². The van der Waals surface area contributed by atoms with Gasteiger partial charge in [-0.15, -0.1) is 0 Å². The van der Waals surface area contributed by atoms with Gasteiger partial charge in [0.05, 0.1) is 6.33 Å². The molecule has 0 bridgehead atoms. The fourth-order valence-corrected chi connectivity index (χ4v) is 1.88. The Morgan fingerprint density at radius 2 is 2.39 bits per heavy atom. The smallest absolute Gasteiger partial charge is 0.280 e. The highest BCUT2D eigenvalue weighted by atomic mass is 16.3. The van der Waals surface area contributed by atoms with E-state index in [9.17, 15) is 4.79 Å². The average Bonchev–Trinajstić information content (AvgIpc) is 2.74. The fourth-order valence-electron chi connectivity index (χ4n) is 1.88. The molecule has 2 aromatic rings. The normalized spacial score (nSPS) is 13.0. The van der Waals surface area contributed by atoms with Gasteiger partial charge in [-0.1, -0.05) is 13.3 Å². The van der Waals surface area contributed by atoms with Crippen LogP contribution in [0.4, 0.5) is 5.95 Å². The summed E-state index contributed by atoms with van der Waals surface area (Å²) in [6, 6.07) is 0. The molecule has 7 nitrogen and oxygen atoms in total. The number of nitrogens with one attached hydrogen (secondary N) is 1. The number of aliphatic hydroxyl groups is 1. The molecule has 0 radical (unpaired) electrons. The largest absolute Gasteiger partial charge is 0.396 e. The first kappa shape index (κ1) is 12.6. The number of imidazole rings is 1. The number of aryl methyl sites for hydroxylation is 1. The maximum Gasteiger partial charge on any atom is 0.280 e. The maximum absolute atomic E-state index is 11.6. The van der Waals surface area contributed by atoms with Crippen LogP contribution in [-0.2, 0) is 6.54 Å². The van der Waals surface area contributed by atoms with Gasteiger partial charge in [-0.2, -0.15) is 4.98 Å². The second-order valence-electron chi connectivity index (χ2n) is 4.31.